The average molecular weight is 337 g/mol. The third-order valence-corrected chi connectivity index (χ3v) is 3.58. The van der Waals surface area contributed by atoms with Crippen LogP contribution in [0.5, 0.6) is 0 Å². The van der Waals surface area contributed by atoms with E-state index in [0.29, 0.717) is 22.0 Å². The highest BCUT2D eigenvalue weighted by molar-refractivity contribution is 6.29. The zero-order valence-corrected chi connectivity index (χ0v) is 13.3. The molecular formula is C16H17ClN2O4. The highest BCUT2D eigenvalue weighted by Gasteiger charge is 2.20. The van der Waals surface area contributed by atoms with Crippen LogP contribution in [0.15, 0.2) is 42.6 Å². The number of benzene rings is 1. The van der Waals surface area contributed by atoms with Crippen molar-refractivity contribution in [3.05, 3.63) is 58.9 Å². The van der Waals surface area contributed by atoms with Crippen molar-refractivity contribution in [3.63, 3.8) is 0 Å². The van der Waals surface area contributed by atoms with Crippen molar-refractivity contribution in [2.24, 2.45) is 0 Å². The van der Waals surface area contributed by atoms with E-state index < -0.39 is 18.8 Å². The molecule has 6 nitrogen and oxygen atoms in total. The van der Waals surface area contributed by atoms with Crippen molar-refractivity contribution in [2.75, 3.05) is 25.3 Å². The summed E-state index contributed by atoms with van der Waals surface area (Å²) in [6.07, 6.45) is 0.510. The molecule has 0 aliphatic carbocycles. The minimum atomic E-state index is -0.970. The summed E-state index contributed by atoms with van der Waals surface area (Å²) in [5.74, 6) is -0.489. The maximum absolute atomic E-state index is 11.5. The van der Waals surface area contributed by atoms with Crippen LogP contribution in [0.4, 0.5) is 5.69 Å². The number of hydrogen-bond acceptors (Lipinski definition) is 6. The Hall–Kier alpha value is -2.15. The van der Waals surface area contributed by atoms with Crippen molar-refractivity contribution < 1.29 is 19.7 Å². The number of halogens is 1. The van der Waals surface area contributed by atoms with E-state index in [0.717, 1.165) is 0 Å². The molecule has 0 aliphatic heterocycles. The molecule has 0 spiro atoms. The first-order valence-corrected chi connectivity index (χ1v) is 7.25. The van der Waals surface area contributed by atoms with Crippen LogP contribution >= 0.6 is 11.6 Å². The first-order chi connectivity index (χ1) is 11.1. The minimum Gasteiger partial charge on any atom is -0.468 e. The first kappa shape index (κ1) is 17.2. The van der Waals surface area contributed by atoms with E-state index in [1.165, 1.54) is 18.2 Å². The summed E-state index contributed by atoms with van der Waals surface area (Å²) in [4.78, 5) is 16.8. The predicted octanol–water partition coefficient (Wildman–Crippen LogP) is 1.75. The molecule has 0 aliphatic rings. The lowest BCUT2D eigenvalue weighted by molar-refractivity contribution is -0.139. The standard InChI is InChI=1S/C16H17ClN2O4/c1-23-15(21)9-19(10-20)13-5-3-2-4-12(13)16(22)11-6-7-14(17)18-8-11/h2-8,16,20,22H,9-10H2,1H3. The van der Waals surface area contributed by atoms with Crippen LogP contribution in [0.1, 0.15) is 17.2 Å². The van der Waals surface area contributed by atoms with Crippen molar-refractivity contribution >= 4 is 23.3 Å². The summed E-state index contributed by atoms with van der Waals surface area (Å²) < 4.78 is 4.62. The number of nitrogens with zero attached hydrogens (tertiary/aromatic N) is 2. The van der Waals surface area contributed by atoms with Crippen LogP contribution in [0, 0.1) is 0 Å². The normalized spacial score (nSPS) is 11.8. The highest BCUT2D eigenvalue weighted by atomic mass is 35.5. The summed E-state index contributed by atoms with van der Waals surface area (Å²) in [5.41, 5.74) is 1.62. The van der Waals surface area contributed by atoms with E-state index in [2.05, 4.69) is 9.72 Å². The molecule has 122 valence electrons. The van der Waals surface area contributed by atoms with Crippen molar-refractivity contribution in [2.45, 2.75) is 6.10 Å². The Balaban J connectivity index is 2.35. The molecule has 0 saturated heterocycles. The Bertz CT molecular complexity index is 663. The maximum atomic E-state index is 11.5. The van der Waals surface area contributed by atoms with Gasteiger partial charge in [-0.25, -0.2) is 4.98 Å². The van der Waals surface area contributed by atoms with Crippen molar-refractivity contribution in [3.8, 4) is 0 Å². The van der Waals surface area contributed by atoms with Crippen LogP contribution < -0.4 is 4.90 Å². The number of para-hydroxylation sites is 1. The summed E-state index contributed by atoms with van der Waals surface area (Å²) >= 11 is 5.75. The fourth-order valence-electron chi connectivity index (χ4n) is 2.17. The number of aliphatic hydroxyl groups is 2. The largest absolute Gasteiger partial charge is 0.468 e. The number of anilines is 1. The lowest BCUT2D eigenvalue weighted by Crippen LogP contribution is -2.32. The zero-order valence-electron chi connectivity index (χ0n) is 12.5. The molecule has 1 unspecified atom stereocenters. The van der Waals surface area contributed by atoms with Gasteiger partial charge in [0.05, 0.1) is 7.11 Å². The molecule has 1 atom stereocenters. The Labute approximate surface area is 138 Å². The Morgan fingerprint density at radius 2 is 2.09 bits per heavy atom. The second kappa shape index (κ2) is 7.92. The molecule has 0 radical (unpaired) electrons. The minimum absolute atomic E-state index is 0.129. The van der Waals surface area contributed by atoms with Gasteiger partial charge in [0.25, 0.3) is 0 Å². The summed E-state index contributed by atoms with van der Waals surface area (Å²) in [6.45, 7) is -0.521. The Morgan fingerprint density at radius 1 is 1.35 bits per heavy atom. The summed E-state index contributed by atoms with van der Waals surface area (Å²) in [7, 11) is 1.28. The highest BCUT2D eigenvalue weighted by Crippen LogP contribution is 2.30. The maximum Gasteiger partial charge on any atom is 0.325 e. The van der Waals surface area contributed by atoms with E-state index in [9.17, 15) is 15.0 Å². The van der Waals surface area contributed by atoms with Gasteiger partial charge in [-0.3, -0.25) is 4.79 Å². The third-order valence-electron chi connectivity index (χ3n) is 3.36. The van der Waals surface area contributed by atoms with Gasteiger partial charge in [-0.05, 0) is 12.1 Å². The van der Waals surface area contributed by atoms with Gasteiger partial charge in [0.15, 0.2) is 0 Å². The number of esters is 1. The molecule has 2 rings (SSSR count). The first-order valence-electron chi connectivity index (χ1n) is 6.88. The molecule has 2 aromatic rings. The number of methoxy groups -OCH3 is 1. The van der Waals surface area contributed by atoms with Crippen molar-refractivity contribution in [1.29, 1.82) is 0 Å². The van der Waals surface area contributed by atoms with Gasteiger partial charge in [-0.15, -0.1) is 0 Å². The summed E-state index contributed by atoms with van der Waals surface area (Å²) in [6, 6.07) is 10.2. The molecule has 0 saturated carbocycles. The van der Waals surface area contributed by atoms with Gasteiger partial charge in [0, 0.05) is 23.0 Å². The number of ether oxygens (including phenoxy) is 1. The van der Waals surface area contributed by atoms with Crippen molar-refractivity contribution in [1.82, 2.24) is 4.98 Å². The van der Waals surface area contributed by atoms with Gasteiger partial charge in [0.2, 0.25) is 0 Å². The SMILES string of the molecule is COC(=O)CN(CO)c1ccccc1C(O)c1ccc(Cl)nc1. The second-order valence-corrected chi connectivity index (χ2v) is 5.18. The second-order valence-electron chi connectivity index (χ2n) is 4.79. The number of aliphatic hydroxyl groups excluding tert-OH is 2. The van der Waals surface area contributed by atoms with Crippen LogP contribution in [-0.4, -0.2) is 41.6 Å². The zero-order chi connectivity index (χ0) is 16.8. The molecule has 7 heteroatoms. The fourth-order valence-corrected chi connectivity index (χ4v) is 2.28. The van der Waals surface area contributed by atoms with E-state index in [-0.39, 0.29) is 6.54 Å². The lowest BCUT2D eigenvalue weighted by atomic mass is 10.0. The molecule has 1 aromatic heterocycles. The predicted molar refractivity (Wildman–Crippen MR) is 86.2 cm³/mol. The Kier molecular flexibility index (Phi) is 5.92. The molecule has 1 heterocycles. The molecular weight excluding hydrogens is 320 g/mol. The van der Waals surface area contributed by atoms with Gasteiger partial charge in [-0.1, -0.05) is 35.9 Å². The molecule has 0 fully saturated rings. The van der Waals surface area contributed by atoms with Gasteiger partial charge in [0.1, 0.15) is 24.5 Å². The van der Waals surface area contributed by atoms with Gasteiger partial charge < -0.3 is 19.8 Å². The molecule has 2 N–H and O–H groups in total. The number of carbonyl (C=O) groups is 1. The number of rotatable bonds is 6. The quantitative estimate of drug-likeness (QED) is 0.475. The van der Waals surface area contributed by atoms with Crippen LogP contribution in [0.25, 0.3) is 0 Å². The molecule has 0 amide bonds. The Morgan fingerprint density at radius 3 is 2.70 bits per heavy atom. The third kappa shape index (κ3) is 4.19. The van der Waals surface area contributed by atoms with E-state index in [4.69, 9.17) is 11.6 Å². The van der Waals surface area contributed by atoms with E-state index in [1.54, 1.807) is 36.4 Å². The number of hydrogen-bond donors (Lipinski definition) is 2. The number of carbonyl (C=O) groups excluding carboxylic acids is 1. The van der Waals surface area contributed by atoms with Gasteiger partial charge >= 0.3 is 5.97 Å². The van der Waals surface area contributed by atoms with Crippen LogP contribution in [0.3, 0.4) is 0 Å². The smallest absolute Gasteiger partial charge is 0.325 e. The van der Waals surface area contributed by atoms with Gasteiger partial charge in [-0.2, -0.15) is 0 Å². The topological polar surface area (TPSA) is 82.9 Å². The van der Waals surface area contributed by atoms with Crippen LogP contribution in [-0.2, 0) is 9.53 Å². The average Bonchev–Trinajstić information content (AvgIpc) is 2.59. The monoisotopic (exact) mass is 336 g/mol. The van der Waals surface area contributed by atoms with Crippen LogP contribution in [0.2, 0.25) is 5.15 Å². The lowest BCUT2D eigenvalue weighted by Gasteiger charge is -2.25. The molecule has 1 aromatic carbocycles. The molecule has 0 bridgehead atoms. The van der Waals surface area contributed by atoms with E-state index in [1.807, 2.05) is 0 Å². The molecule has 23 heavy (non-hydrogen) atoms. The number of pyridine rings is 1. The fraction of sp³-hybridized carbons (Fsp3) is 0.250. The van der Waals surface area contributed by atoms with E-state index >= 15 is 0 Å². The summed E-state index contributed by atoms with van der Waals surface area (Å²) in [5, 5.41) is 20.5. The number of aromatic nitrogens is 1.